The Kier molecular flexibility index (Phi) is 7.81. The van der Waals surface area contributed by atoms with Crippen molar-refractivity contribution in [1.82, 2.24) is 0 Å². The standard InChI is InChI=1S/C11H20.C2H4.CH4/c1-5-9(2)8-10(3)11(4)6-7-11;1-2;/h9H,3,5-8H2,1-2,4H3;1-2H2;1H4. The van der Waals surface area contributed by atoms with Crippen LogP contribution in [0.4, 0.5) is 0 Å². The lowest BCUT2D eigenvalue weighted by molar-refractivity contribution is 0.511. The molecule has 1 saturated carbocycles. The fourth-order valence-electron chi connectivity index (χ4n) is 1.35. The fourth-order valence-corrected chi connectivity index (χ4v) is 1.35. The molecule has 0 aromatic rings. The summed E-state index contributed by atoms with van der Waals surface area (Å²) in [5.41, 5.74) is 2.04. The summed E-state index contributed by atoms with van der Waals surface area (Å²) < 4.78 is 0. The average Bonchev–Trinajstić information content (AvgIpc) is 2.88. The molecule has 0 saturated heterocycles. The highest BCUT2D eigenvalue weighted by atomic mass is 14.4. The minimum absolute atomic E-state index is 0. The lowest BCUT2D eigenvalue weighted by Gasteiger charge is -2.16. The summed E-state index contributed by atoms with van der Waals surface area (Å²) in [7, 11) is 0. The van der Waals surface area contributed by atoms with Crippen molar-refractivity contribution >= 4 is 0 Å². The van der Waals surface area contributed by atoms with Crippen molar-refractivity contribution in [2.45, 2.75) is 53.9 Å². The summed E-state index contributed by atoms with van der Waals surface area (Å²) in [6.07, 6.45) is 5.28. The second kappa shape index (κ2) is 6.86. The minimum atomic E-state index is 0. The molecule has 84 valence electrons. The molecule has 0 heterocycles. The average molecular weight is 196 g/mol. The topological polar surface area (TPSA) is 0 Å². The first kappa shape index (κ1) is 15.9. The van der Waals surface area contributed by atoms with Gasteiger partial charge in [0.2, 0.25) is 0 Å². The third-order valence-electron chi connectivity index (χ3n) is 3.15. The van der Waals surface area contributed by atoms with Gasteiger partial charge in [0.1, 0.15) is 0 Å². The van der Waals surface area contributed by atoms with Gasteiger partial charge in [-0.25, -0.2) is 0 Å². The van der Waals surface area contributed by atoms with Crippen molar-refractivity contribution in [2.75, 3.05) is 0 Å². The van der Waals surface area contributed by atoms with Crippen LogP contribution in [0.1, 0.15) is 53.9 Å². The molecule has 14 heavy (non-hydrogen) atoms. The third-order valence-corrected chi connectivity index (χ3v) is 3.15. The highest BCUT2D eigenvalue weighted by molar-refractivity contribution is 5.16. The maximum atomic E-state index is 4.18. The molecule has 1 aliphatic carbocycles. The van der Waals surface area contributed by atoms with Crippen molar-refractivity contribution in [2.24, 2.45) is 11.3 Å². The highest BCUT2D eigenvalue weighted by Crippen LogP contribution is 2.52. The van der Waals surface area contributed by atoms with Gasteiger partial charge in [-0.15, -0.1) is 13.2 Å². The quantitative estimate of drug-likeness (QED) is 0.541. The summed E-state index contributed by atoms with van der Waals surface area (Å²) in [6.45, 7) is 17.1. The molecule has 0 nitrogen and oxygen atoms in total. The largest absolute Gasteiger partial charge is 0.106 e. The van der Waals surface area contributed by atoms with E-state index in [1.54, 1.807) is 0 Å². The molecule has 1 rings (SSSR count). The molecule has 0 spiro atoms. The molecule has 0 amide bonds. The molecule has 0 aliphatic heterocycles. The Bertz CT molecular complexity index is 163. The lowest BCUT2D eigenvalue weighted by Crippen LogP contribution is -2.02. The van der Waals surface area contributed by atoms with Gasteiger partial charge in [0, 0.05) is 0 Å². The normalized spacial score (nSPS) is 18.2. The van der Waals surface area contributed by atoms with E-state index < -0.39 is 0 Å². The first-order valence-corrected chi connectivity index (χ1v) is 5.27. The second-order valence-corrected chi connectivity index (χ2v) is 4.38. The van der Waals surface area contributed by atoms with Gasteiger partial charge < -0.3 is 0 Å². The SMILES string of the molecule is C.C=C.C=C(CC(C)CC)C1(C)CC1. The summed E-state index contributed by atoms with van der Waals surface area (Å²) >= 11 is 0. The number of allylic oxidation sites excluding steroid dienone is 1. The van der Waals surface area contributed by atoms with Crippen molar-refractivity contribution < 1.29 is 0 Å². The molecular weight excluding hydrogens is 168 g/mol. The lowest BCUT2D eigenvalue weighted by atomic mass is 9.90. The van der Waals surface area contributed by atoms with Gasteiger partial charge in [0.25, 0.3) is 0 Å². The zero-order valence-electron chi connectivity index (χ0n) is 9.53. The number of hydrogen-bond donors (Lipinski definition) is 0. The second-order valence-electron chi connectivity index (χ2n) is 4.38. The van der Waals surface area contributed by atoms with Crippen LogP contribution in [0.15, 0.2) is 25.3 Å². The van der Waals surface area contributed by atoms with Crippen LogP contribution in [0, 0.1) is 11.3 Å². The van der Waals surface area contributed by atoms with Gasteiger partial charge in [-0.3, -0.25) is 0 Å². The predicted molar refractivity (Wildman–Crippen MR) is 68.5 cm³/mol. The van der Waals surface area contributed by atoms with E-state index in [9.17, 15) is 0 Å². The van der Waals surface area contributed by atoms with E-state index in [2.05, 4.69) is 40.5 Å². The van der Waals surface area contributed by atoms with Gasteiger partial charge in [-0.05, 0) is 30.6 Å². The molecule has 1 unspecified atom stereocenters. The smallest absolute Gasteiger partial charge is 0.0118 e. The van der Waals surface area contributed by atoms with Crippen LogP contribution in [0.25, 0.3) is 0 Å². The molecule has 1 fully saturated rings. The molecule has 0 heteroatoms. The molecule has 0 radical (unpaired) electrons. The summed E-state index contributed by atoms with van der Waals surface area (Å²) in [4.78, 5) is 0. The summed E-state index contributed by atoms with van der Waals surface area (Å²) in [5, 5.41) is 0. The van der Waals surface area contributed by atoms with E-state index in [1.165, 1.54) is 31.3 Å². The molecule has 1 aliphatic rings. The van der Waals surface area contributed by atoms with E-state index in [1.807, 2.05) is 0 Å². The molecule has 0 aromatic carbocycles. The van der Waals surface area contributed by atoms with E-state index in [-0.39, 0.29) is 7.43 Å². The predicted octanol–water partition coefficient (Wildman–Crippen LogP) is 5.22. The maximum absolute atomic E-state index is 4.18. The van der Waals surface area contributed by atoms with E-state index >= 15 is 0 Å². The van der Waals surface area contributed by atoms with Gasteiger partial charge in [-0.1, -0.05) is 46.8 Å². The zero-order valence-corrected chi connectivity index (χ0v) is 9.53. The van der Waals surface area contributed by atoms with Crippen LogP contribution in [0.3, 0.4) is 0 Å². The van der Waals surface area contributed by atoms with Crippen molar-refractivity contribution in [3.63, 3.8) is 0 Å². The third kappa shape index (κ3) is 4.64. The van der Waals surface area contributed by atoms with Crippen molar-refractivity contribution in [3.8, 4) is 0 Å². The maximum Gasteiger partial charge on any atom is -0.0118 e. The van der Waals surface area contributed by atoms with Gasteiger partial charge in [0.15, 0.2) is 0 Å². The minimum Gasteiger partial charge on any atom is -0.106 e. The Morgan fingerprint density at radius 2 is 1.79 bits per heavy atom. The Hall–Kier alpha value is -0.520. The number of rotatable bonds is 4. The van der Waals surface area contributed by atoms with Crippen LogP contribution < -0.4 is 0 Å². The zero-order chi connectivity index (χ0) is 10.5. The summed E-state index contributed by atoms with van der Waals surface area (Å²) in [6, 6.07) is 0. The van der Waals surface area contributed by atoms with E-state index in [4.69, 9.17) is 0 Å². The Morgan fingerprint density at radius 1 is 1.36 bits per heavy atom. The molecule has 0 bridgehead atoms. The van der Waals surface area contributed by atoms with Crippen LogP contribution in [0.5, 0.6) is 0 Å². The van der Waals surface area contributed by atoms with Crippen molar-refractivity contribution in [3.05, 3.63) is 25.3 Å². The van der Waals surface area contributed by atoms with Crippen molar-refractivity contribution in [1.29, 1.82) is 0 Å². The van der Waals surface area contributed by atoms with Crippen LogP contribution in [0.2, 0.25) is 0 Å². The highest BCUT2D eigenvalue weighted by Gasteiger charge is 2.39. The fraction of sp³-hybridized carbons (Fsp3) is 0.714. The molecule has 1 atom stereocenters. The van der Waals surface area contributed by atoms with Gasteiger partial charge >= 0.3 is 0 Å². The monoisotopic (exact) mass is 196 g/mol. The molecular formula is C14H28. The first-order chi connectivity index (χ1) is 6.08. The summed E-state index contributed by atoms with van der Waals surface area (Å²) in [5.74, 6) is 0.833. The van der Waals surface area contributed by atoms with Gasteiger partial charge in [0.05, 0.1) is 0 Å². The van der Waals surface area contributed by atoms with E-state index in [0.29, 0.717) is 5.41 Å². The first-order valence-electron chi connectivity index (χ1n) is 5.27. The Morgan fingerprint density at radius 3 is 2.07 bits per heavy atom. The number of hydrogen-bond acceptors (Lipinski definition) is 0. The molecule has 0 aromatic heterocycles. The van der Waals surface area contributed by atoms with Crippen LogP contribution >= 0.6 is 0 Å². The van der Waals surface area contributed by atoms with Crippen LogP contribution in [-0.2, 0) is 0 Å². The Balaban J connectivity index is 0. The van der Waals surface area contributed by atoms with Crippen LogP contribution in [-0.4, -0.2) is 0 Å². The molecule has 0 N–H and O–H groups in total. The Labute approximate surface area is 91.1 Å². The van der Waals surface area contributed by atoms with Gasteiger partial charge in [-0.2, -0.15) is 0 Å². The van der Waals surface area contributed by atoms with E-state index in [0.717, 1.165) is 5.92 Å².